The van der Waals surface area contributed by atoms with Crippen LogP contribution in [0.1, 0.15) is 85.8 Å². The average Bonchev–Trinajstić information content (AvgIpc) is 3.47. The number of hydrogen-bond acceptors (Lipinski definition) is 6. The fraction of sp³-hybridized carbons (Fsp3) is 0.625. The number of nitrogens with zero attached hydrogens (tertiary/aromatic N) is 6. The van der Waals surface area contributed by atoms with E-state index in [-0.39, 0.29) is 31.3 Å². The largest absolute Gasteiger partial charge is 0.394 e. The number of ether oxygens (including phenoxy) is 1. The molecule has 1 saturated heterocycles. The summed E-state index contributed by atoms with van der Waals surface area (Å²) in [5, 5.41) is 4.49. The van der Waals surface area contributed by atoms with Crippen LogP contribution in [0.4, 0.5) is 13.2 Å². The molecule has 3 aromatic rings. The third-order valence-electron chi connectivity index (χ3n) is 8.24. The molecule has 5 aliphatic rings. The zero-order valence-electron chi connectivity index (χ0n) is 18.8. The Morgan fingerprint density at radius 1 is 1.06 bits per heavy atom. The normalized spacial score (nSPS) is 32.9. The monoisotopic (exact) mass is 470 g/mol. The Bertz CT molecular complexity index is 1280. The number of hydrogen-bond donors (Lipinski definition) is 0. The van der Waals surface area contributed by atoms with E-state index in [1.807, 2.05) is 17.8 Å². The quantitative estimate of drug-likeness (QED) is 0.541. The third kappa shape index (κ3) is 2.96. The first-order valence-electron chi connectivity index (χ1n) is 12.0. The molecule has 4 aliphatic carbocycles. The molecular weight excluding hydrogens is 445 g/mol. The molecular formula is C24H25F3N6O. The minimum absolute atomic E-state index is 0.0393. The summed E-state index contributed by atoms with van der Waals surface area (Å²) in [7, 11) is 0. The summed E-state index contributed by atoms with van der Waals surface area (Å²) in [4.78, 5) is 18.8. The maximum Gasteiger partial charge on any atom is 0.394 e. The Morgan fingerprint density at radius 2 is 1.85 bits per heavy atom. The standard InChI is InChI=1S/C24H25F3N6O/c1-13-7-28-18-19(22-10-23(11-22,12-22)24(25,26)27)31-20(32-21(18)30-13)14-4-5-34-17(6-14)15-8-29-33(9-15)16-2-3-16/h7-9,14,16-17H,2-6,10-12H2,1H3/t14-,17?,22?,23?/m0/s1. The van der Waals surface area contributed by atoms with Gasteiger partial charge in [-0.25, -0.2) is 19.9 Å². The van der Waals surface area contributed by atoms with Gasteiger partial charge in [-0.3, -0.25) is 4.68 Å². The van der Waals surface area contributed by atoms with Crippen LogP contribution in [0.3, 0.4) is 0 Å². The minimum atomic E-state index is -4.17. The van der Waals surface area contributed by atoms with Gasteiger partial charge in [0.15, 0.2) is 5.65 Å². The van der Waals surface area contributed by atoms with Gasteiger partial charge in [-0.2, -0.15) is 18.3 Å². The van der Waals surface area contributed by atoms with Crippen LogP contribution in [0.25, 0.3) is 11.2 Å². The summed E-state index contributed by atoms with van der Waals surface area (Å²) >= 11 is 0. The number of rotatable bonds is 4. The lowest BCUT2D eigenvalue weighted by Gasteiger charge is -2.70. The summed E-state index contributed by atoms with van der Waals surface area (Å²) < 4.78 is 48.7. The van der Waals surface area contributed by atoms with E-state index in [0.717, 1.165) is 17.7 Å². The lowest BCUT2D eigenvalue weighted by atomic mass is 9.34. The Kier molecular flexibility index (Phi) is 4.11. The molecule has 2 atom stereocenters. The summed E-state index contributed by atoms with van der Waals surface area (Å²) in [6, 6.07) is 0.509. The molecule has 0 amide bonds. The van der Waals surface area contributed by atoms with Crippen molar-refractivity contribution in [3.8, 4) is 0 Å². The molecule has 0 N–H and O–H groups in total. The van der Waals surface area contributed by atoms with E-state index in [1.165, 1.54) is 12.8 Å². The molecule has 3 aromatic heterocycles. The lowest BCUT2D eigenvalue weighted by molar-refractivity contribution is -0.337. The molecule has 10 heteroatoms. The number of alkyl halides is 3. The third-order valence-corrected chi connectivity index (χ3v) is 8.24. The molecule has 2 bridgehead atoms. The number of aryl methyl sites for hydroxylation is 1. The number of aromatic nitrogens is 6. The summed E-state index contributed by atoms with van der Waals surface area (Å²) in [6.45, 7) is 2.41. The lowest BCUT2D eigenvalue weighted by Crippen LogP contribution is -2.70. The predicted molar refractivity (Wildman–Crippen MR) is 115 cm³/mol. The van der Waals surface area contributed by atoms with Gasteiger partial charge in [0.1, 0.15) is 11.3 Å². The highest BCUT2D eigenvalue weighted by Crippen LogP contribution is 2.78. The van der Waals surface area contributed by atoms with E-state index in [9.17, 15) is 13.2 Å². The fourth-order valence-electron chi connectivity index (χ4n) is 6.22. The molecule has 1 unspecified atom stereocenters. The molecule has 178 valence electrons. The van der Waals surface area contributed by atoms with Crippen molar-refractivity contribution < 1.29 is 17.9 Å². The van der Waals surface area contributed by atoms with Gasteiger partial charge in [0.05, 0.1) is 35.1 Å². The van der Waals surface area contributed by atoms with Crippen LogP contribution in [0, 0.1) is 12.3 Å². The molecule has 5 fully saturated rings. The van der Waals surface area contributed by atoms with Gasteiger partial charge in [0.25, 0.3) is 0 Å². The maximum absolute atomic E-state index is 13.5. The highest BCUT2D eigenvalue weighted by atomic mass is 19.4. The van der Waals surface area contributed by atoms with Crippen LogP contribution in [-0.2, 0) is 10.2 Å². The van der Waals surface area contributed by atoms with Crippen molar-refractivity contribution >= 4 is 11.2 Å². The molecule has 4 heterocycles. The zero-order chi connectivity index (χ0) is 23.3. The van der Waals surface area contributed by atoms with Crippen molar-refractivity contribution in [3.63, 3.8) is 0 Å². The smallest absolute Gasteiger partial charge is 0.373 e. The zero-order valence-corrected chi connectivity index (χ0v) is 18.8. The highest BCUT2D eigenvalue weighted by Gasteiger charge is 2.79. The highest BCUT2D eigenvalue weighted by molar-refractivity contribution is 5.75. The Hall–Kier alpha value is -2.62. The maximum atomic E-state index is 13.5. The number of fused-ring (bicyclic) bond motifs is 1. The molecule has 8 rings (SSSR count). The first-order valence-corrected chi connectivity index (χ1v) is 12.0. The molecule has 0 aromatic carbocycles. The Morgan fingerprint density at radius 3 is 2.59 bits per heavy atom. The van der Waals surface area contributed by atoms with Crippen LogP contribution in [0.2, 0.25) is 0 Å². The fourth-order valence-corrected chi connectivity index (χ4v) is 6.22. The second kappa shape index (κ2) is 6.74. The van der Waals surface area contributed by atoms with Crippen LogP contribution >= 0.6 is 0 Å². The van der Waals surface area contributed by atoms with E-state index in [2.05, 4.69) is 21.3 Å². The molecule has 0 radical (unpaired) electrons. The molecule has 0 spiro atoms. The van der Waals surface area contributed by atoms with Gasteiger partial charge in [-0.1, -0.05) is 0 Å². The van der Waals surface area contributed by atoms with Crippen LogP contribution in [0.5, 0.6) is 0 Å². The van der Waals surface area contributed by atoms with Crippen molar-refractivity contribution in [2.75, 3.05) is 6.61 Å². The van der Waals surface area contributed by atoms with Crippen molar-refractivity contribution in [2.45, 2.75) is 81.5 Å². The predicted octanol–water partition coefficient (Wildman–Crippen LogP) is 4.88. The van der Waals surface area contributed by atoms with Gasteiger partial charge in [-0.15, -0.1) is 0 Å². The Balaban J connectivity index is 1.22. The second-order valence-corrected chi connectivity index (χ2v) is 10.8. The van der Waals surface area contributed by atoms with E-state index in [4.69, 9.17) is 14.7 Å². The summed E-state index contributed by atoms with van der Waals surface area (Å²) in [6.07, 6.45) is 5.39. The van der Waals surface area contributed by atoms with Crippen LogP contribution in [-0.4, -0.2) is 42.5 Å². The van der Waals surface area contributed by atoms with E-state index in [0.29, 0.717) is 41.8 Å². The summed E-state index contributed by atoms with van der Waals surface area (Å²) in [5.41, 5.74) is 1.34. The van der Waals surface area contributed by atoms with Gasteiger partial charge in [0, 0.05) is 35.9 Å². The SMILES string of the molecule is Cc1cnc2c(C34CC(C(F)(F)F)(C3)C4)nc([C@H]3CCOC(c4cnn(C5CC5)c4)C3)nc2n1. The number of halogens is 3. The van der Waals surface area contributed by atoms with E-state index < -0.39 is 17.0 Å². The molecule has 4 saturated carbocycles. The van der Waals surface area contributed by atoms with Crippen molar-refractivity contribution in [3.05, 3.63) is 41.4 Å². The van der Waals surface area contributed by atoms with Crippen molar-refractivity contribution in [1.29, 1.82) is 0 Å². The van der Waals surface area contributed by atoms with E-state index in [1.54, 1.807) is 6.20 Å². The minimum Gasteiger partial charge on any atom is -0.373 e. The van der Waals surface area contributed by atoms with Gasteiger partial charge >= 0.3 is 6.18 Å². The second-order valence-electron chi connectivity index (χ2n) is 10.8. The topological polar surface area (TPSA) is 78.6 Å². The van der Waals surface area contributed by atoms with Gasteiger partial charge in [0.2, 0.25) is 0 Å². The average molecular weight is 470 g/mol. The molecule has 7 nitrogen and oxygen atoms in total. The van der Waals surface area contributed by atoms with Crippen molar-refractivity contribution in [1.82, 2.24) is 29.7 Å². The van der Waals surface area contributed by atoms with Crippen LogP contribution in [0.15, 0.2) is 18.6 Å². The first kappa shape index (κ1) is 20.7. The first-order chi connectivity index (χ1) is 16.3. The van der Waals surface area contributed by atoms with Crippen LogP contribution < -0.4 is 0 Å². The van der Waals surface area contributed by atoms with Crippen molar-refractivity contribution in [2.24, 2.45) is 5.41 Å². The molecule has 34 heavy (non-hydrogen) atoms. The summed E-state index contributed by atoms with van der Waals surface area (Å²) in [5.74, 6) is 0.688. The van der Waals surface area contributed by atoms with Gasteiger partial charge < -0.3 is 4.74 Å². The molecule has 1 aliphatic heterocycles. The van der Waals surface area contributed by atoms with Gasteiger partial charge in [-0.05, 0) is 51.9 Å². The Labute approximate surface area is 194 Å². The van der Waals surface area contributed by atoms with E-state index >= 15 is 0 Å².